The van der Waals surface area contributed by atoms with Gasteiger partial charge in [0.1, 0.15) is 6.10 Å². The molecular formula is C22H28N4O2. The lowest BCUT2D eigenvalue weighted by Gasteiger charge is -2.19. The average molecular weight is 380 g/mol. The minimum Gasteiger partial charge on any atom is -0.493 e. The maximum atomic E-state index is 5.97. The van der Waals surface area contributed by atoms with Crippen molar-refractivity contribution in [1.29, 1.82) is 0 Å². The lowest BCUT2D eigenvalue weighted by atomic mass is 10.1. The molecule has 0 saturated carbocycles. The van der Waals surface area contributed by atoms with E-state index in [2.05, 4.69) is 45.0 Å². The highest BCUT2D eigenvalue weighted by molar-refractivity contribution is 5.83. The Kier molecular flexibility index (Phi) is 6.78. The third kappa shape index (κ3) is 4.97. The minimum atomic E-state index is -0.0385. The summed E-state index contributed by atoms with van der Waals surface area (Å²) in [5.74, 6) is 2.23. The number of nitrogens with one attached hydrogen (secondary N) is 3. The minimum absolute atomic E-state index is 0.0385. The van der Waals surface area contributed by atoms with Gasteiger partial charge in [-0.1, -0.05) is 30.3 Å². The largest absolute Gasteiger partial charge is 0.493 e. The Hall–Kier alpha value is -3.15. The maximum absolute atomic E-state index is 5.97. The van der Waals surface area contributed by atoms with Gasteiger partial charge in [-0.15, -0.1) is 0 Å². The van der Waals surface area contributed by atoms with Gasteiger partial charge in [0.05, 0.1) is 13.7 Å². The van der Waals surface area contributed by atoms with Gasteiger partial charge in [-0.3, -0.25) is 4.99 Å². The first kappa shape index (κ1) is 19.6. The zero-order valence-corrected chi connectivity index (χ0v) is 16.7. The number of benzene rings is 2. The molecule has 2 aromatic carbocycles. The lowest BCUT2D eigenvalue weighted by molar-refractivity contribution is 0.213. The molecular weight excluding hydrogens is 352 g/mol. The highest BCUT2D eigenvalue weighted by atomic mass is 16.5. The lowest BCUT2D eigenvalue weighted by Crippen LogP contribution is -2.42. The molecule has 0 saturated heterocycles. The van der Waals surface area contributed by atoms with E-state index in [1.165, 1.54) is 16.5 Å². The van der Waals surface area contributed by atoms with E-state index in [9.17, 15) is 0 Å². The van der Waals surface area contributed by atoms with Gasteiger partial charge >= 0.3 is 0 Å². The summed E-state index contributed by atoms with van der Waals surface area (Å²) in [6.07, 6.45) is 2.95. The Morgan fingerprint density at radius 3 is 2.61 bits per heavy atom. The van der Waals surface area contributed by atoms with Crippen molar-refractivity contribution in [3.8, 4) is 11.5 Å². The quantitative estimate of drug-likeness (QED) is 0.414. The molecule has 3 rings (SSSR count). The number of aliphatic imine (C=N–C) groups is 1. The molecule has 0 spiro atoms. The van der Waals surface area contributed by atoms with E-state index >= 15 is 0 Å². The van der Waals surface area contributed by atoms with Crippen molar-refractivity contribution >= 4 is 16.9 Å². The smallest absolute Gasteiger partial charge is 0.191 e. The topological polar surface area (TPSA) is 70.7 Å². The second-order valence-electron chi connectivity index (χ2n) is 6.57. The van der Waals surface area contributed by atoms with E-state index in [1.54, 1.807) is 14.2 Å². The van der Waals surface area contributed by atoms with Crippen LogP contribution in [0.3, 0.4) is 0 Å². The molecule has 0 bridgehead atoms. The van der Waals surface area contributed by atoms with Crippen LogP contribution < -0.4 is 20.1 Å². The Labute approximate surface area is 166 Å². The number of H-pyrrole nitrogens is 1. The number of fused-ring (bicyclic) bond motifs is 1. The molecule has 0 aliphatic carbocycles. The Morgan fingerprint density at radius 1 is 1.07 bits per heavy atom. The summed E-state index contributed by atoms with van der Waals surface area (Å²) in [5, 5.41) is 7.94. The van der Waals surface area contributed by atoms with Crippen LogP contribution in [0.25, 0.3) is 10.9 Å². The monoisotopic (exact) mass is 380 g/mol. The molecule has 1 atom stereocenters. The molecule has 6 nitrogen and oxygen atoms in total. The van der Waals surface area contributed by atoms with Crippen molar-refractivity contribution in [3.05, 3.63) is 60.3 Å². The van der Waals surface area contributed by atoms with Crippen LogP contribution in [0.2, 0.25) is 0 Å². The summed E-state index contributed by atoms with van der Waals surface area (Å²) in [4.78, 5) is 7.60. The van der Waals surface area contributed by atoms with Crippen molar-refractivity contribution in [2.75, 3.05) is 27.2 Å². The number of hydrogen-bond donors (Lipinski definition) is 3. The number of methoxy groups -OCH3 is 1. The Bertz CT molecular complexity index is 920. The normalized spacial score (nSPS) is 12.6. The number of nitrogens with zero attached hydrogens (tertiary/aromatic N) is 1. The third-order valence-electron chi connectivity index (χ3n) is 4.54. The van der Waals surface area contributed by atoms with E-state index < -0.39 is 0 Å². The van der Waals surface area contributed by atoms with Gasteiger partial charge in [0, 0.05) is 30.7 Å². The summed E-state index contributed by atoms with van der Waals surface area (Å²) in [6.45, 7) is 3.44. The van der Waals surface area contributed by atoms with Gasteiger partial charge in [0.2, 0.25) is 0 Å². The molecule has 148 valence electrons. The summed E-state index contributed by atoms with van der Waals surface area (Å²) in [7, 11) is 3.41. The molecule has 1 unspecified atom stereocenters. The van der Waals surface area contributed by atoms with E-state index in [1.807, 2.05) is 37.3 Å². The molecule has 0 fully saturated rings. The molecule has 1 heterocycles. The number of rotatable bonds is 8. The summed E-state index contributed by atoms with van der Waals surface area (Å²) in [6, 6.07) is 16.0. The van der Waals surface area contributed by atoms with Crippen LogP contribution in [0.1, 0.15) is 12.5 Å². The van der Waals surface area contributed by atoms with Gasteiger partial charge in [0.15, 0.2) is 17.5 Å². The standard InChI is InChI=1S/C22H28N4O2/c1-16(28-21-11-7-6-10-20(21)27-3)14-26-22(23-2)24-13-12-17-15-25-19-9-5-4-8-18(17)19/h4-11,15-16,25H,12-14H2,1-3H3,(H2,23,24,26). The third-order valence-corrected chi connectivity index (χ3v) is 4.54. The molecule has 28 heavy (non-hydrogen) atoms. The number of hydrogen-bond acceptors (Lipinski definition) is 3. The molecule has 3 N–H and O–H groups in total. The van der Waals surface area contributed by atoms with Gasteiger partial charge < -0.3 is 25.1 Å². The van der Waals surface area contributed by atoms with Crippen LogP contribution >= 0.6 is 0 Å². The Balaban J connectivity index is 1.45. The molecule has 3 aromatic rings. The number of aromatic amines is 1. The van der Waals surface area contributed by atoms with Crippen LogP contribution in [-0.2, 0) is 6.42 Å². The van der Waals surface area contributed by atoms with Crippen LogP contribution in [0.4, 0.5) is 0 Å². The first-order chi connectivity index (χ1) is 13.7. The van der Waals surface area contributed by atoms with E-state index in [-0.39, 0.29) is 6.10 Å². The number of aromatic nitrogens is 1. The second-order valence-corrected chi connectivity index (χ2v) is 6.57. The first-order valence-corrected chi connectivity index (χ1v) is 9.50. The van der Waals surface area contributed by atoms with Crippen molar-refractivity contribution in [2.45, 2.75) is 19.4 Å². The van der Waals surface area contributed by atoms with E-state index in [0.717, 1.165) is 30.4 Å². The van der Waals surface area contributed by atoms with Crippen LogP contribution in [0, 0.1) is 0 Å². The average Bonchev–Trinajstić information content (AvgIpc) is 3.14. The van der Waals surface area contributed by atoms with Crippen molar-refractivity contribution in [2.24, 2.45) is 4.99 Å². The predicted molar refractivity (Wildman–Crippen MR) is 114 cm³/mol. The van der Waals surface area contributed by atoms with E-state index in [4.69, 9.17) is 9.47 Å². The zero-order valence-electron chi connectivity index (χ0n) is 16.7. The summed E-state index contributed by atoms with van der Waals surface area (Å²) >= 11 is 0. The van der Waals surface area contributed by atoms with Crippen molar-refractivity contribution in [3.63, 3.8) is 0 Å². The second kappa shape index (κ2) is 9.69. The SMILES string of the molecule is CN=C(NCCc1c[nH]c2ccccc12)NCC(C)Oc1ccccc1OC. The Morgan fingerprint density at radius 2 is 1.82 bits per heavy atom. The highest BCUT2D eigenvalue weighted by Gasteiger charge is 2.09. The van der Waals surface area contributed by atoms with Crippen molar-refractivity contribution in [1.82, 2.24) is 15.6 Å². The maximum Gasteiger partial charge on any atom is 0.191 e. The molecule has 0 aliphatic rings. The van der Waals surface area contributed by atoms with Crippen LogP contribution in [0.15, 0.2) is 59.7 Å². The summed E-state index contributed by atoms with van der Waals surface area (Å²) < 4.78 is 11.3. The fourth-order valence-corrected chi connectivity index (χ4v) is 3.09. The number of guanidine groups is 1. The number of para-hydroxylation sites is 3. The van der Waals surface area contributed by atoms with Crippen LogP contribution in [-0.4, -0.2) is 44.3 Å². The molecule has 6 heteroatoms. The van der Waals surface area contributed by atoms with E-state index in [0.29, 0.717) is 6.54 Å². The molecule has 0 aliphatic heterocycles. The highest BCUT2D eigenvalue weighted by Crippen LogP contribution is 2.26. The van der Waals surface area contributed by atoms with Gasteiger partial charge in [-0.2, -0.15) is 0 Å². The zero-order chi connectivity index (χ0) is 19.8. The first-order valence-electron chi connectivity index (χ1n) is 9.50. The molecule has 0 radical (unpaired) electrons. The molecule has 1 aromatic heterocycles. The molecule has 0 amide bonds. The number of ether oxygens (including phenoxy) is 2. The van der Waals surface area contributed by atoms with Crippen LogP contribution in [0.5, 0.6) is 11.5 Å². The van der Waals surface area contributed by atoms with Gasteiger partial charge in [0.25, 0.3) is 0 Å². The predicted octanol–water partition coefficient (Wildman–Crippen LogP) is 3.35. The van der Waals surface area contributed by atoms with Gasteiger partial charge in [-0.05, 0) is 37.1 Å². The summed E-state index contributed by atoms with van der Waals surface area (Å²) in [5.41, 5.74) is 2.47. The van der Waals surface area contributed by atoms with Crippen molar-refractivity contribution < 1.29 is 9.47 Å². The fourth-order valence-electron chi connectivity index (χ4n) is 3.09. The fraction of sp³-hybridized carbons (Fsp3) is 0.318. The van der Waals surface area contributed by atoms with Gasteiger partial charge in [-0.25, -0.2) is 0 Å².